The number of nitrogens with one attached hydrogen (secondary N) is 1. The Morgan fingerprint density at radius 2 is 2.20 bits per heavy atom. The summed E-state index contributed by atoms with van der Waals surface area (Å²) < 4.78 is 1.44. The zero-order valence-electron chi connectivity index (χ0n) is 11.2. The number of carbonyl (C=O) groups excluding carboxylic acids is 1. The monoisotopic (exact) mass is 277 g/mol. The highest BCUT2D eigenvalue weighted by molar-refractivity contribution is 5.97. The van der Waals surface area contributed by atoms with Crippen LogP contribution in [0.25, 0.3) is 5.78 Å². The van der Waals surface area contributed by atoms with E-state index in [-0.39, 0.29) is 5.56 Å². The normalized spacial score (nSPS) is 12.3. The van der Waals surface area contributed by atoms with Crippen LogP contribution >= 0.6 is 0 Å². The molecule has 0 saturated carbocycles. The van der Waals surface area contributed by atoms with Crippen LogP contribution in [-0.4, -0.2) is 42.6 Å². The maximum atomic E-state index is 12.1. The maximum absolute atomic E-state index is 12.1. The van der Waals surface area contributed by atoms with Gasteiger partial charge in [0.05, 0.1) is 11.3 Å². The summed E-state index contributed by atoms with van der Waals surface area (Å²) in [4.78, 5) is 31.1. The number of hydrogen-bond acceptors (Lipinski definition) is 5. The largest absolute Gasteiger partial charge is 0.480 e. The average molecular weight is 277 g/mol. The Kier molecular flexibility index (Phi) is 3.92. The van der Waals surface area contributed by atoms with Crippen LogP contribution in [0.5, 0.6) is 0 Å². The second-order valence-corrected chi connectivity index (χ2v) is 4.38. The number of aryl methyl sites for hydroxylation is 1. The first-order valence-electron chi connectivity index (χ1n) is 6.23. The molecule has 1 atom stereocenters. The van der Waals surface area contributed by atoms with E-state index in [0.717, 1.165) is 0 Å². The summed E-state index contributed by atoms with van der Waals surface area (Å²) in [5, 5.41) is 15.5. The van der Waals surface area contributed by atoms with Crippen LogP contribution in [0, 0.1) is 6.92 Å². The van der Waals surface area contributed by atoms with Gasteiger partial charge in [0.2, 0.25) is 0 Å². The second-order valence-electron chi connectivity index (χ2n) is 4.38. The number of carboxylic acid groups (broad SMARTS) is 1. The van der Waals surface area contributed by atoms with Gasteiger partial charge < -0.3 is 10.4 Å². The van der Waals surface area contributed by atoms with Crippen LogP contribution in [-0.2, 0) is 4.79 Å². The lowest BCUT2D eigenvalue weighted by Crippen LogP contribution is -2.41. The fourth-order valence-electron chi connectivity index (χ4n) is 1.89. The minimum Gasteiger partial charge on any atom is -0.480 e. The highest BCUT2D eigenvalue weighted by Crippen LogP contribution is 2.08. The maximum Gasteiger partial charge on any atom is 0.326 e. The summed E-state index contributed by atoms with van der Waals surface area (Å²) in [7, 11) is 0. The third-order valence-corrected chi connectivity index (χ3v) is 2.97. The van der Waals surface area contributed by atoms with E-state index in [2.05, 4.69) is 20.4 Å². The van der Waals surface area contributed by atoms with Gasteiger partial charge in [-0.05, 0) is 13.3 Å². The molecule has 8 nitrogen and oxygen atoms in total. The van der Waals surface area contributed by atoms with Crippen molar-refractivity contribution in [2.45, 2.75) is 32.7 Å². The van der Waals surface area contributed by atoms with Crippen LogP contribution in [0.3, 0.4) is 0 Å². The number of nitrogens with zero attached hydrogens (tertiary/aromatic N) is 4. The van der Waals surface area contributed by atoms with Gasteiger partial charge in [0.25, 0.3) is 11.7 Å². The van der Waals surface area contributed by atoms with Crippen LogP contribution in [0.4, 0.5) is 0 Å². The number of aliphatic carboxylic acids is 1. The van der Waals surface area contributed by atoms with Crippen molar-refractivity contribution in [3.05, 3.63) is 23.8 Å². The molecule has 2 heterocycles. The van der Waals surface area contributed by atoms with Crippen molar-refractivity contribution in [1.29, 1.82) is 0 Å². The molecule has 2 N–H and O–H groups in total. The van der Waals surface area contributed by atoms with Crippen molar-refractivity contribution in [1.82, 2.24) is 24.9 Å². The molecule has 0 aliphatic rings. The molecule has 20 heavy (non-hydrogen) atoms. The van der Waals surface area contributed by atoms with E-state index in [1.807, 2.05) is 6.92 Å². The topological polar surface area (TPSA) is 109 Å². The summed E-state index contributed by atoms with van der Waals surface area (Å²) in [6.07, 6.45) is 3.75. The van der Waals surface area contributed by atoms with E-state index >= 15 is 0 Å². The van der Waals surface area contributed by atoms with Gasteiger partial charge in [-0.1, -0.05) is 13.3 Å². The summed E-state index contributed by atoms with van der Waals surface area (Å²) >= 11 is 0. The van der Waals surface area contributed by atoms with Gasteiger partial charge in [-0.15, -0.1) is 0 Å². The van der Waals surface area contributed by atoms with E-state index in [0.29, 0.717) is 24.3 Å². The smallest absolute Gasteiger partial charge is 0.326 e. The Morgan fingerprint density at radius 3 is 2.85 bits per heavy atom. The highest BCUT2D eigenvalue weighted by atomic mass is 16.4. The van der Waals surface area contributed by atoms with E-state index in [1.165, 1.54) is 17.0 Å². The Balaban J connectivity index is 2.26. The van der Waals surface area contributed by atoms with E-state index in [1.54, 1.807) is 6.92 Å². The molecule has 106 valence electrons. The minimum absolute atomic E-state index is 0.283. The van der Waals surface area contributed by atoms with Gasteiger partial charge in [-0.25, -0.2) is 14.3 Å². The number of amides is 1. The zero-order chi connectivity index (χ0) is 14.7. The van der Waals surface area contributed by atoms with Crippen LogP contribution in [0.1, 0.15) is 35.8 Å². The molecule has 0 aromatic carbocycles. The van der Waals surface area contributed by atoms with E-state index < -0.39 is 17.9 Å². The molecule has 0 aliphatic heterocycles. The van der Waals surface area contributed by atoms with Crippen molar-refractivity contribution < 1.29 is 14.7 Å². The van der Waals surface area contributed by atoms with E-state index in [9.17, 15) is 9.59 Å². The molecule has 0 bridgehead atoms. The number of carbonyl (C=O) groups is 2. The first kappa shape index (κ1) is 13.9. The van der Waals surface area contributed by atoms with Crippen molar-refractivity contribution in [3.8, 4) is 0 Å². The van der Waals surface area contributed by atoms with Gasteiger partial charge in [-0.2, -0.15) is 10.1 Å². The summed E-state index contributed by atoms with van der Waals surface area (Å²) in [6.45, 7) is 3.56. The fraction of sp³-hybridized carbons (Fsp3) is 0.417. The lowest BCUT2D eigenvalue weighted by molar-refractivity contribution is -0.139. The predicted molar refractivity (Wildman–Crippen MR) is 69.3 cm³/mol. The summed E-state index contributed by atoms with van der Waals surface area (Å²) in [5.74, 6) is -1.14. The molecule has 1 amide bonds. The highest BCUT2D eigenvalue weighted by Gasteiger charge is 2.21. The van der Waals surface area contributed by atoms with Gasteiger partial charge in [-0.3, -0.25) is 4.79 Å². The Bertz CT molecular complexity index is 652. The number of aromatic nitrogens is 4. The molecule has 8 heteroatoms. The van der Waals surface area contributed by atoms with Gasteiger partial charge in [0.15, 0.2) is 0 Å². The zero-order valence-corrected chi connectivity index (χ0v) is 11.2. The molecule has 2 aromatic heterocycles. The van der Waals surface area contributed by atoms with Gasteiger partial charge >= 0.3 is 5.97 Å². The molecule has 1 unspecified atom stereocenters. The summed E-state index contributed by atoms with van der Waals surface area (Å²) in [6, 6.07) is -0.904. The third kappa shape index (κ3) is 2.58. The molecule has 0 fully saturated rings. The third-order valence-electron chi connectivity index (χ3n) is 2.97. The van der Waals surface area contributed by atoms with Crippen molar-refractivity contribution in [2.75, 3.05) is 0 Å². The molecular formula is C12H15N5O3. The van der Waals surface area contributed by atoms with Crippen LogP contribution in [0.15, 0.2) is 12.5 Å². The second kappa shape index (κ2) is 5.64. The molecule has 0 radical (unpaired) electrons. The average Bonchev–Trinajstić information content (AvgIpc) is 2.87. The van der Waals surface area contributed by atoms with Crippen LogP contribution in [0.2, 0.25) is 0 Å². The molecule has 2 rings (SSSR count). The number of carboxylic acids is 1. The SMILES string of the molecule is CCCC(NC(=O)c1cnc2ncnn2c1C)C(=O)O. The van der Waals surface area contributed by atoms with Crippen molar-refractivity contribution in [2.24, 2.45) is 0 Å². The van der Waals surface area contributed by atoms with E-state index in [4.69, 9.17) is 5.11 Å². The molecule has 0 aliphatic carbocycles. The quantitative estimate of drug-likeness (QED) is 0.819. The standard InChI is InChI=1S/C12H15N5O3/c1-3-4-9(11(19)20)16-10(18)8-5-13-12-14-6-15-17(12)7(8)2/h5-6,9H,3-4H2,1-2H3,(H,16,18)(H,19,20). The predicted octanol–water partition coefficient (Wildman–Crippen LogP) is 0.416. The minimum atomic E-state index is -1.05. The van der Waals surface area contributed by atoms with Crippen LogP contribution < -0.4 is 5.32 Å². The lowest BCUT2D eigenvalue weighted by Gasteiger charge is -2.14. The Morgan fingerprint density at radius 1 is 1.45 bits per heavy atom. The lowest BCUT2D eigenvalue weighted by atomic mass is 10.1. The van der Waals surface area contributed by atoms with Gasteiger partial charge in [0.1, 0.15) is 12.4 Å². The first-order valence-corrected chi connectivity index (χ1v) is 6.23. The molecule has 0 saturated heterocycles. The Hall–Kier alpha value is -2.51. The van der Waals surface area contributed by atoms with Crippen molar-refractivity contribution >= 4 is 17.7 Å². The first-order chi connectivity index (χ1) is 9.54. The fourth-order valence-corrected chi connectivity index (χ4v) is 1.89. The number of rotatable bonds is 5. The number of fused-ring (bicyclic) bond motifs is 1. The molecular weight excluding hydrogens is 262 g/mol. The van der Waals surface area contributed by atoms with Gasteiger partial charge in [0, 0.05) is 6.20 Å². The number of hydrogen-bond donors (Lipinski definition) is 2. The molecule has 2 aromatic rings. The summed E-state index contributed by atoms with van der Waals surface area (Å²) in [5.41, 5.74) is 0.844. The Labute approximate surface area is 114 Å². The molecule has 0 spiro atoms. The van der Waals surface area contributed by atoms with Crippen molar-refractivity contribution in [3.63, 3.8) is 0 Å².